The molecule has 2 nitrogen and oxygen atoms in total. The van der Waals surface area contributed by atoms with E-state index < -0.39 is 0 Å². The minimum Gasteiger partial charge on any atom is -0.373 e. The maximum atomic E-state index is 6.14. The second kappa shape index (κ2) is 4.67. The van der Waals surface area contributed by atoms with Gasteiger partial charge in [-0.3, -0.25) is 0 Å². The van der Waals surface area contributed by atoms with Crippen LogP contribution in [0.1, 0.15) is 25.8 Å². The van der Waals surface area contributed by atoms with Crippen molar-refractivity contribution in [2.24, 2.45) is 5.73 Å². The summed E-state index contributed by atoms with van der Waals surface area (Å²) in [5.74, 6) is 0. The monoisotopic (exact) mass is 206 g/mol. The maximum absolute atomic E-state index is 6.14. The van der Waals surface area contributed by atoms with Crippen LogP contribution in [0.2, 0.25) is 0 Å². The van der Waals surface area contributed by atoms with Gasteiger partial charge in [0.1, 0.15) is 0 Å². The van der Waals surface area contributed by atoms with Crippen LogP contribution in [-0.4, -0.2) is 19.1 Å². The van der Waals surface area contributed by atoms with Gasteiger partial charge in [0, 0.05) is 24.8 Å². The Morgan fingerprint density at radius 3 is 2.27 bits per heavy atom. The molecule has 1 rings (SSSR count). The van der Waals surface area contributed by atoms with E-state index in [0.717, 1.165) is 13.0 Å². The molecule has 1 atom stereocenters. The molecule has 0 aliphatic heterocycles. The fourth-order valence-electron chi connectivity index (χ4n) is 1.54. The lowest BCUT2D eigenvalue weighted by atomic mass is 10.00. The average molecular weight is 206 g/mol. The fraction of sp³-hybridized carbons (Fsp3) is 0.538. The van der Waals surface area contributed by atoms with Crippen LogP contribution in [0.15, 0.2) is 24.3 Å². The molecule has 2 heteroatoms. The third-order valence-electron chi connectivity index (χ3n) is 2.88. The van der Waals surface area contributed by atoms with Crippen LogP contribution in [-0.2, 0) is 0 Å². The zero-order valence-electron chi connectivity index (χ0n) is 10.2. The van der Waals surface area contributed by atoms with Crippen LogP contribution >= 0.6 is 0 Å². The molecule has 15 heavy (non-hydrogen) atoms. The summed E-state index contributed by atoms with van der Waals surface area (Å²) >= 11 is 0. The van der Waals surface area contributed by atoms with Gasteiger partial charge in [0.2, 0.25) is 0 Å². The number of nitrogens with zero attached hydrogens (tertiary/aromatic N) is 1. The zero-order chi connectivity index (χ0) is 11.5. The molecule has 0 aliphatic carbocycles. The lowest BCUT2D eigenvalue weighted by molar-refractivity contribution is 0.455. The number of benzene rings is 1. The molecular formula is C13H22N2. The zero-order valence-corrected chi connectivity index (χ0v) is 10.2. The second-order valence-corrected chi connectivity index (χ2v) is 4.70. The minimum absolute atomic E-state index is 0.111. The number of aryl methyl sites for hydroxylation is 1. The Morgan fingerprint density at radius 2 is 1.80 bits per heavy atom. The molecule has 0 aliphatic rings. The summed E-state index contributed by atoms with van der Waals surface area (Å²) in [6.07, 6.45) is 0.989. The van der Waals surface area contributed by atoms with Gasteiger partial charge in [-0.25, -0.2) is 0 Å². The van der Waals surface area contributed by atoms with Gasteiger partial charge in [0.05, 0.1) is 0 Å². The van der Waals surface area contributed by atoms with Crippen LogP contribution in [0.25, 0.3) is 0 Å². The molecule has 0 amide bonds. The summed E-state index contributed by atoms with van der Waals surface area (Å²) in [6, 6.07) is 8.54. The Bertz CT molecular complexity index is 301. The maximum Gasteiger partial charge on any atom is 0.0364 e. The number of hydrogen-bond donors (Lipinski definition) is 1. The van der Waals surface area contributed by atoms with Crippen molar-refractivity contribution in [3.05, 3.63) is 29.8 Å². The molecule has 84 valence electrons. The van der Waals surface area contributed by atoms with Crippen molar-refractivity contribution in [2.75, 3.05) is 18.5 Å². The summed E-state index contributed by atoms with van der Waals surface area (Å²) in [5, 5.41) is 0. The van der Waals surface area contributed by atoms with Crippen LogP contribution in [0, 0.1) is 6.92 Å². The van der Waals surface area contributed by atoms with Gasteiger partial charge in [0.25, 0.3) is 0 Å². The molecule has 1 aromatic carbocycles. The van der Waals surface area contributed by atoms with Crippen LogP contribution in [0.3, 0.4) is 0 Å². The van der Waals surface area contributed by atoms with Gasteiger partial charge in [-0.15, -0.1) is 0 Å². The molecule has 0 saturated carbocycles. The molecule has 0 radical (unpaired) electrons. The van der Waals surface area contributed by atoms with Gasteiger partial charge in [-0.2, -0.15) is 0 Å². The number of nitrogens with two attached hydrogens (primary N) is 1. The summed E-state index contributed by atoms with van der Waals surface area (Å²) < 4.78 is 0. The number of rotatable bonds is 4. The molecule has 0 heterocycles. The lowest BCUT2D eigenvalue weighted by Crippen LogP contribution is -2.46. The van der Waals surface area contributed by atoms with E-state index in [2.05, 4.69) is 57.0 Å². The minimum atomic E-state index is -0.111. The second-order valence-electron chi connectivity index (χ2n) is 4.70. The first-order valence-electron chi connectivity index (χ1n) is 5.51. The van der Waals surface area contributed by atoms with E-state index in [4.69, 9.17) is 5.73 Å². The molecule has 2 N–H and O–H groups in total. The third-order valence-corrected chi connectivity index (χ3v) is 2.88. The Labute approximate surface area is 93.1 Å². The van der Waals surface area contributed by atoms with E-state index in [1.54, 1.807) is 0 Å². The van der Waals surface area contributed by atoms with Gasteiger partial charge in [-0.05, 0) is 32.4 Å². The molecule has 0 saturated heterocycles. The first-order valence-corrected chi connectivity index (χ1v) is 5.51. The molecule has 1 unspecified atom stereocenters. The van der Waals surface area contributed by atoms with E-state index in [1.807, 2.05) is 0 Å². The van der Waals surface area contributed by atoms with Crippen molar-refractivity contribution in [3.63, 3.8) is 0 Å². The summed E-state index contributed by atoms with van der Waals surface area (Å²) in [5.41, 5.74) is 8.55. The SMILES string of the molecule is CCC(C)(N)CN(C)c1ccc(C)cc1. The predicted octanol–water partition coefficient (Wildman–Crippen LogP) is 2.56. The quantitative estimate of drug-likeness (QED) is 0.820. The smallest absolute Gasteiger partial charge is 0.0364 e. The van der Waals surface area contributed by atoms with Crippen LogP contribution in [0.5, 0.6) is 0 Å². The molecule has 0 aromatic heterocycles. The van der Waals surface area contributed by atoms with Gasteiger partial charge in [-0.1, -0.05) is 24.6 Å². The molecular weight excluding hydrogens is 184 g/mol. The molecule has 0 fully saturated rings. The van der Waals surface area contributed by atoms with E-state index in [-0.39, 0.29) is 5.54 Å². The standard InChI is InChI=1S/C13H22N2/c1-5-13(3,14)10-15(4)12-8-6-11(2)7-9-12/h6-9H,5,10,14H2,1-4H3. The Kier molecular flexibility index (Phi) is 3.75. The largest absolute Gasteiger partial charge is 0.373 e. The first-order chi connectivity index (χ1) is 6.94. The highest BCUT2D eigenvalue weighted by molar-refractivity contribution is 5.47. The van der Waals surface area contributed by atoms with Crippen LogP contribution < -0.4 is 10.6 Å². The average Bonchev–Trinajstić information content (AvgIpc) is 2.18. The van der Waals surface area contributed by atoms with Gasteiger partial charge < -0.3 is 10.6 Å². The third kappa shape index (κ3) is 3.56. The van der Waals surface area contributed by atoms with Gasteiger partial charge in [0.15, 0.2) is 0 Å². The van der Waals surface area contributed by atoms with E-state index in [1.165, 1.54) is 11.3 Å². The summed E-state index contributed by atoms with van der Waals surface area (Å²) in [4.78, 5) is 2.21. The van der Waals surface area contributed by atoms with Crippen molar-refractivity contribution in [3.8, 4) is 0 Å². The molecule has 0 bridgehead atoms. The van der Waals surface area contributed by atoms with Crippen molar-refractivity contribution in [1.82, 2.24) is 0 Å². The van der Waals surface area contributed by atoms with Crippen molar-refractivity contribution in [1.29, 1.82) is 0 Å². The Hall–Kier alpha value is -1.02. The summed E-state index contributed by atoms with van der Waals surface area (Å²) in [7, 11) is 2.09. The molecule has 1 aromatic rings. The van der Waals surface area contributed by atoms with E-state index in [0.29, 0.717) is 0 Å². The molecule has 0 spiro atoms. The number of anilines is 1. The number of hydrogen-bond acceptors (Lipinski definition) is 2. The van der Waals surface area contributed by atoms with E-state index in [9.17, 15) is 0 Å². The Balaban J connectivity index is 2.69. The number of likely N-dealkylation sites (N-methyl/N-ethyl adjacent to an activating group) is 1. The topological polar surface area (TPSA) is 29.3 Å². The lowest BCUT2D eigenvalue weighted by Gasteiger charge is -2.30. The van der Waals surface area contributed by atoms with Crippen molar-refractivity contribution in [2.45, 2.75) is 32.7 Å². The highest BCUT2D eigenvalue weighted by Gasteiger charge is 2.18. The van der Waals surface area contributed by atoms with Crippen LogP contribution in [0.4, 0.5) is 5.69 Å². The van der Waals surface area contributed by atoms with Gasteiger partial charge >= 0.3 is 0 Å². The van der Waals surface area contributed by atoms with Crippen molar-refractivity contribution < 1.29 is 0 Å². The first kappa shape index (κ1) is 12.1. The fourth-order valence-corrected chi connectivity index (χ4v) is 1.54. The van der Waals surface area contributed by atoms with E-state index >= 15 is 0 Å². The highest BCUT2D eigenvalue weighted by Crippen LogP contribution is 2.16. The Morgan fingerprint density at radius 1 is 1.27 bits per heavy atom. The highest BCUT2D eigenvalue weighted by atomic mass is 15.1. The normalized spacial score (nSPS) is 14.7. The van der Waals surface area contributed by atoms with Crippen molar-refractivity contribution >= 4 is 5.69 Å². The predicted molar refractivity (Wildman–Crippen MR) is 67.3 cm³/mol. The summed E-state index contributed by atoms with van der Waals surface area (Å²) in [6.45, 7) is 7.20.